The number of carbonyl (C=O) groups is 1. The summed E-state index contributed by atoms with van der Waals surface area (Å²) in [5, 5.41) is 9.56. The molecule has 0 unspecified atom stereocenters. The van der Waals surface area contributed by atoms with Crippen LogP contribution in [0.5, 0.6) is 0 Å². The Bertz CT molecular complexity index is 365. The van der Waals surface area contributed by atoms with E-state index >= 15 is 0 Å². The van der Waals surface area contributed by atoms with Crippen molar-refractivity contribution in [3.05, 3.63) is 0 Å². The summed E-state index contributed by atoms with van der Waals surface area (Å²) in [6, 6.07) is -0.668. The van der Waals surface area contributed by atoms with Crippen LogP contribution in [-0.4, -0.2) is 53.2 Å². The lowest BCUT2D eigenvalue weighted by molar-refractivity contribution is 0.0251. The zero-order valence-corrected chi connectivity index (χ0v) is 16.8. The highest BCUT2D eigenvalue weighted by molar-refractivity contribution is 7.91. The maximum atomic E-state index is 12.1. The van der Waals surface area contributed by atoms with E-state index < -0.39 is 26.1 Å². The van der Waals surface area contributed by atoms with E-state index in [0.29, 0.717) is 0 Å². The van der Waals surface area contributed by atoms with Gasteiger partial charge in [-0.2, -0.15) is 0 Å². The van der Waals surface area contributed by atoms with Crippen LogP contribution in [0.15, 0.2) is 0 Å². The fraction of sp³-hybridized carbons (Fsp3) is 0.929. The van der Waals surface area contributed by atoms with Crippen LogP contribution in [0.4, 0.5) is 4.79 Å². The molecule has 0 aliphatic heterocycles. The van der Waals surface area contributed by atoms with Gasteiger partial charge >= 0.3 is 6.09 Å². The molecule has 0 saturated carbocycles. The summed E-state index contributed by atoms with van der Waals surface area (Å²) in [6.45, 7) is 15.6. The third kappa shape index (κ3) is 6.87. The molecule has 0 spiro atoms. The van der Waals surface area contributed by atoms with Gasteiger partial charge in [0.25, 0.3) is 0 Å². The molecule has 0 heterocycles. The molecule has 22 heavy (non-hydrogen) atoms. The summed E-state index contributed by atoms with van der Waals surface area (Å²) >= 11 is 0.244. The van der Waals surface area contributed by atoms with Crippen LogP contribution in [0, 0.1) is 0 Å². The molecule has 0 aliphatic carbocycles. The van der Waals surface area contributed by atoms with Crippen LogP contribution in [0.25, 0.3) is 0 Å². The zero-order valence-electron chi connectivity index (χ0n) is 15.0. The highest BCUT2D eigenvalue weighted by atomic mass is 32.2. The molecular weight excluding hydrogens is 322 g/mol. The summed E-state index contributed by atoms with van der Waals surface area (Å²) in [5.74, 6) is 0. The van der Waals surface area contributed by atoms with Gasteiger partial charge in [0.2, 0.25) is 0 Å². The summed E-state index contributed by atoms with van der Waals surface area (Å²) < 4.78 is 21.6. The standard InChI is InChI=1S/C14H31NO5SSi/c1-13(2,3)20-12(17)15(21-18)11(9-16)10-19-22(7,8)14(4,5)6/h11,16,18H,9-10H2,1-8H3/t11-/m0/s1. The number of amides is 1. The molecule has 0 aliphatic rings. The number of rotatable bonds is 6. The van der Waals surface area contributed by atoms with Crippen LogP contribution >= 0.6 is 12.2 Å². The van der Waals surface area contributed by atoms with E-state index in [0.717, 1.165) is 4.31 Å². The molecule has 2 N–H and O–H groups in total. The van der Waals surface area contributed by atoms with Crippen molar-refractivity contribution in [3.8, 4) is 0 Å². The lowest BCUT2D eigenvalue weighted by atomic mass is 10.2. The van der Waals surface area contributed by atoms with Gasteiger partial charge in [-0.15, -0.1) is 0 Å². The quantitative estimate of drug-likeness (QED) is 0.430. The van der Waals surface area contributed by atoms with E-state index in [1.54, 1.807) is 20.8 Å². The van der Waals surface area contributed by atoms with Crippen LogP contribution in [0.2, 0.25) is 18.1 Å². The Morgan fingerprint density at radius 3 is 2.05 bits per heavy atom. The SMILES string of the molecule is CC(C)(C)OC(=O)N(SO)[C@@H](CO)CO[Si](C)(C)C(C)(C)C. The van der Waals surface area contributed by atoms with Gasteiger partial charge in [0, 0.05) is 0 Å². The van der Waals surface area contributed by atoms with Crippen molar-refractivity contribution in [2.75, 3.05) is 13.2 Å². The van der Waals surface area contributed by atoms with Gasteiger partial charge in [-0.05, 0) is 38.9 Å². The Morgan fingerprint density at radius 1 is 1.23 bits per heavy atom. The Labute approximate surface area is 139 Å². The van der Waals surface area contributed by atoms with Crippen LogP contribution in [-0.2, 0) is 9.16 Å². The van der Waals surface area contributed by atoms with E-state index in [4.69, 9.17) is 9.16 Å². The maximum absolute atomic E-state index is 12.1. The molecule has 8 heteroatoms. The summed E-state index contributed by atoms with van der Waals surface area (Å²) in [7, 11) is -2.00. The van der Waals surface area contributed by atoms with Crippen LogP contribution in [0.1, 0.15) is 41.5 Å². The smallest absolute Gasteiger partial charge is 0.422 e. The lowest BCUT2D eigenvalue weighted by Crippen LogP contribution is -2.48. The Hall–Kier alpha value is -0.283. The van der Waals surface area contributed by atoms with Gasteiger partial charge in [-0.1, -0.05) is 20.8 Å². The normalized spacial score (nSPS) is 14.6. The van der Waals surface area contributed by atoms with Crippen molar-refractivity contribution in [2.45, 2.75) is 71.3 Å². The van der Waals surface area contributed by atoms with E-state index in [2.05, 4.69) is 33.9 Å². The number of nitrogens with zero attached hydrogens (tertiary/aromatic N) is 1. The molecule has 0 bridgehead atoms. The Kier molecular flexibility index (Phi) is 7.90. The molecule has 1 atom stereocenters. The molecule has 0 rings (SSSR count). The predicted molar refractivity (Wildman–Crippen MR) is 92.3 cm³/mol. The average Bonchev–Trinajstić information content (AvgIpc) is 2.30. The van der Waals surface area contributed by atoms with Gasteiger partial charge in [-0.3, -0.25) is 0 Å². The third-order valence-electron chi connectivity index (χ3n) is 3.65. The van der Waals surface area contributed by atoms with E-state index in [1.807, 2.05) is 0 Å². The largest absolute Gasteiger partial charge is 0.443 e. The first-order chi connectivity index (χ1) is 9.75. The molecule has 0 radical (unpaired) electrons. The zero-order chi connectivity index (χ0) is 17.8. The van der Waals surface area contributed by atoms with Crippen molar-refractivity contribution in [1.29, 1.82) is 0 Å². The lowest BCUT2D eigenvalue weighted by Gasteiger charge is -2.38. The van der Waals surface area contributed by atoms with Crippen molar-refractivity contribution in [1.82, 2.24) is 4.31 Å². The monoisotopic (exact) mass is 353 g/mol. The van der Waals surface area contributed by atoms with E-state index in [9.17, 15) is 14.5 Å². The minimum atomic E-state index is -2.00. The Balaban J connectivity index is 4.89. The van der Waals surface area contributed by atoms with Gasteiger partial charge in [-0.25, -0.2) is 9.10 Å². The first kappa shape index (κ1) is 21.7. The van der Waals surface area contributed by atoms with Gasteiger partial charge in [0.05, 0.1) is 19.3 Å². The minimum absolute atomic E-state index is 0.0239. The number of aliphatic hydroxyl groups is 1. The summed E-state index contributed by atoms with van der Waals surface area (Å²) in [6.07, 6.45) is -0.696. The molecule has 0 aromatic heterocycles. The highest BCUT2D eigenvalue weighted by Gasteiger charge is 2.39. The Morgan fingerprint density at radius 2 is 1.73 bits per heavy atom. The van der Waals surface area contributed by atoms with E-state index in [1.165, 1.54) is 0 Å². The number of aliphatic hydroxyl groups excluding tert-OH is 1. The van der Waals surface area contributed by atoms with Gasteiger partial charge in [0.1, 0.15) is 17.8 Å². The van der Waals surface area contributed by atoms with E-state index in [-0.39, 0.29) is 30.5 Å². The first-order valence-electron chi connectivity index (χ1n) is 7.33. The molecule has 1 amide bonds. The minimum Gasteiger partial charge on any atom is -0.443 e. The van der Waals surface area contributed by atoms with Crippen molar-refractivity contribution in [2.24, 2.45) is 0 Å². The second kappa shape index (κ2) is 8.01. The maximum Gasteiger partial charge on any atom is 0.422 e. The molecule has 0 aromatic carbocycles. The second-order valence-corrected chi connectivity index (χ2v) is 13.2. The molecule has 132 valence electrons. The number of hydrogen-bond acceptors (Lipinski definition) is 6. The first-order valence-corrected chi connectivity index (χ1v) is 11.0. The highest BCUT2D eigenvalue weighted by Crippen LogP contribution is 2.36. The molecule has 0 aromatic rings. The summed E-state index contributed by atoms with van der Waals surface area (Å²) in [4.78, 5) is 12.1. The molecule has 0 fully saturated rings. The molecule has 0 saturated heterocycles. The number of ether oxygens (including phenoxy) is 1. The fourth-order valence-corrected chi connectivity index (χ4v) is 2.68. The second-order valence-electron chi connectivity index (χ2n) is 7.80. The molecule has 6 nitrogen and oxygen atoms in total. The van der Waals surface area contributed by atoms with Crippen molar-refractivity contribution < 1.29 is 23.6 Å². The third-order valence-corrected chi connectivity index (χ3v) is 8.77. The van der Waals surface area contributed by atoms with Crippen LogP contribution in [0.3, 0.4) is 0 Å². The van der Waals surface area contributed by atoms with Gasteiger partial charge < -0.3 is 18.8 Å². The average molecular weight is 354 g/mol. The predicted octanol–water partition coefficient (Wildman–Crippen LogP) is 3.73. The topological polar surface area (TPSA) is 79.2 Å². The number of hydrogen-bond donors (Lipinski definition) is 2. The number of carbonyl (C=O) groups excluding carboxylic acids is 1. The van der Waals surface area contributed by atoms with Gasteiger partial charge in [0.15, 0.2) is 8.32 Å². The van der Waals surface area contributed by atoms with Crippen molar-refractivity contribution >= 4 is 26.6 Å². The van der Waals surface area contributed by atoms with Crippen LogP contribution < -0.4 is 0 Å². The fourth-order valence-electron chi connectivity index (χ4n) is 1.27. The van der Waals surface area contributed by atoms with Crippen molar-refractivity contribution in [3.63, 3.8) is 0 Å². The molecular formula is C14H31NO5SSi. The summed E-state index contributed by atoms with van der Waals surface area (Å²) in [5.41, 5.74) is -0.675.